The van der Waals surface area contributed by atoms with Gasteiger partial charge >= 0.3 is 0 Å². The van der Waals surface area contributed by atoms with Gasteiger partial charge in [0.25, 0.3) is 5.91 Å². The molecule has 13 heteroatoms. The van der Waals surface area contributed by atoms with Crippen LogP contribution >= 0.6 is 0 Å². The number of sulfone groups is 1. The van der Waals surface area contributed by atoms with E-state index in [4.69, 9.17) is 4.74 Å². The van der Waals surface area contributed by atoms with E-state index >= 15 is 0 Å². The highest BCUT2D eigenvalue weighted by molar-refractivity contribution is 7.91. The molecule has 3 aromatic carbocycles. The summed E-state index contributed by atoms with van der Waals surface area (Å²) in [5.41, 5.74) is 1.83. The SMILES string of the molecule is CCCN1CCN(n2ncc3cc(S(=O)(=O)c4cc(F)cc(F)c4)ccc32)C(NC(=O)c2ccccc2NC2CCCCO2)C1. The fourth-order valence-corrected chi connectivity index (χ4v) is 7.29. The van der Waals surface area contributed by atoms with Crippen molar-refractivity contribution in [3.8, 4) is 0 Å². The molecule has 2 saturated heterocycles. The molecule has 45 heavy (non-hydrogen) atoms. The molecule has 2 unspecified atom stereocenters. The Morgan fingerprint density at radius 3 is 2.58 bits per heavy atom. The third kappa shape index (κ3) is 6.65. The number of halogens is 2. The van der Waals surface area contributed by atoms with Crippen molar-refractivity contribution in [3.05, 3.63) is 84.1 Å². The Morgan fingerprint density at radius 1 is 1.02 bits per heavy atom. The van der Waals surface area contributed by atoms with Crippen LogP contribution in [0, 0.1) is 11.6 Å². The first kappa shape index (κ1) is 30.9. The highest BCUT2D eigenvalue weighted by atomic mass is 32.2. The van der Waals surface area contributed by atoms with E-state index in [9.17, 15) is 22.0 Å². The largest absolute Gasteiger partial charge is 0.359 e. The van der Waals surface area contributed by atoms with Gasteiger partial charge in [-0.15, -0.1) is 0 Å². The molecule has 2 N–H and O–H groups in total. The van der Waals surface area contributed by atoms with Crippen molar-refractivity contribution in [2.75, 3.05) is 43.1 Å². The van der Waals surface area contributed by atoms with Gasteiger partial charge < -0.3 is 15.4 Å². The Hall–Kier alpha value is -4.07. The zero-order chi connectivity index (χ0) is 31.6. The number of piperazine rings is 1. The fourth-order valence-electron chi connectivity index (χ4n) is 5.95. The van der Waals surface area contributed by atoms with Crippen molar-refractivity contribution >= 4 is 32.3 Å². The van der Waals surface area contributed by atoms with E-state index in [1.54, 1.807) is 23.1 Å². The van der Waals surface area contributed by atoms with E-state index in [1.165, 1.54) is 12.1 Å². The summed E-state index contributed by atoms with van der Waals surface area (Å²) in [6.07, 6.45) is 4.87. The molecular formula is C32H36F2N6O4S. The van der Waals surface area contributed by atoms with Gasteiger partial charge in [-0.05, 0) is 74.7 Å². The number of anilines is 1. The lowest BCUT2D eigenvalue weighted by Gasteiger charge is -2.42. The zero-order valence-corrected chi connectivity index (χ0v) is 25.8. The second-order valence-electron chi connectivity index (χ2n) is 11.4. The van der Waals surface area contributed by atoms with E-state index in [1.807, 2.05) is 23.2 Å². The summed E-state index contributed by atoms with van der Waals surface area (Å²) in [4.78, 5) is 17.2. The average molecular weight is 639 g/mol. The molecule has 0 aliphatic carbocycles. The number of nitrogens with one attached hydrogen (secondary N) is 2. The molecule has 238 valence electrons. The minimum atomic E-state index is -4.19. The van der Waals surface area contributed by atoms with Crippen LogP contribution in [0.5, 0.6) is 0 Å². The number of para-hydroxylation sites is 1. The van der Waals surface area contributed by atoms with Crippen LogP contribution in [0.1, 0.15) is 43.0 Å². The molecule has 0 saturated carbocycles. The molecule has 2 aliphatic rings. The molecule has 6 rings (SSSR count). The van der Waals surface area contributed by atoms with Crippen LogP contribution < -0.4 is 15.6 Å². The lowest BCUT2D eigenvalue weighted by Crippen LogP contribution is -2.64. The normalized spacial score (nSPS) is 19.5. The number of hydrogen-bond acceptors (Lipinski definition) is 8. The lowest BCUT2D eigenvalue weighted by molar-refractivity contribution is 0.0343. The van der Waals surface area contributed by atoms with Crippen LogP contribution in [-0.2, 0) is 14.6 Å². The fraction of sp³-hybridized carbons (Fsp3) is 0.375. The third-order valence-corrected chi connectivity index (χ3v) is 9.89. The quantitative estimate of drug-likeness (QED) is 0.276. The van der Waals surface area contributed by atoms with Crippen molar-refractivity contribution in [3.63, 3.8) is 0 Å². The predicted molar refractivity (Wildman–Crippen MR) is 166 cm³/mol. The second kappa shape index (κ2) is 13.1. The van der Waals surface area contributed by atoms with Crippen LogP contribution in [-0.4, -0.2) is 74.3 Å². The number of fused-ring (bicyclic) bond motifs is 1. The first-order chi connectivity index (χ1) is 21.7. The standard InChI is InChI=1S/C32H36F2N6O4S/c1-2-12-38-13-14-39(30(21-38)37-32(41)27-7-3-4-8-28(27)36-31-9-5-6-15-44-31)40-29-11-10-25(16-22(29)20-35-40)45(42,43)26-18-23(33)17-24(34)19-26/h3-4,7-8,10-11,16-20,30-31,36H,2,5-6,9,12-15,21H2,1H3,(H,37,41). The summed E-state index contributed by atoms with van der Waals surface area (Å²) in [6, 6.07) is 14.0. The Labute approximate surface area is 260 Å². The van der Waals surface area contributed by atoms with Crippen molar-refractivity contribution in [1.29, 1.82) is 0 Å². The van der Waals surface area contributed by atoms with Crippen LogP contribution in [0.25, 0.3) is 10.9 Å². The molecule has 3 heterocycles. The van der Waals surface area contributed by atoms with Gasteiger partial charge in [0.1, 0.15) is 24.0 Å². The number of amides is 1. The maximum absolute atomic E-state index is 13.8. The van der Waals surface area contributed by atoms with Gasteiger partial charge in [0.05, 0.1) is 33.6 Å². The first-order valence-electron chi connectivity index (χ1n) is 15.2. The number of nitrogens with zero attached hydrogens (tertiary/aromatic N) is 4. The highest BCUT2D eigenvalue weighted by Crippen LogP contribution is 2.27. The second-order valence-corrected chi connectivity index (χ2v) is 13.3. The molecule has 2 atom stereocenters. The molecular weight excluding hydrogens is 602 g/mol. The van der Waals surface area contributed by atoms with Gasteiger partial charge in [0, 0.05) is 36.8 Å². The summed E-state index contributed by atoms with van der Waals surface area (Å²) in [5, 5.41) is 13.6. The topological polar surface area (TPSA) is 109 Å². The predicted octanol–water partition coefficient (Wildman–Crippen LogP) is 4.51. The average Bonchev–Trinajstić information content (AvgIpc) is 3.45. The van der Waals surface area contributed by atoms with Crippen molar-refractivity contribution in [1.82, 2.24) is 20.1 Å². The van der Waals surface area contributed by atoms with Gasteiger partial charge in [0.2, 0.25) is 9.84 Å². The minimum Gasteiger partial charge on any atom is -0.359 e. The van der Waals surface area contributed by atoms with E-state index in [0.717, 1.165) is 50.9 Å². The number of hydrogen-bond donors (Lipinski definition) is 2. The maximum atomic E-state index is 13.8. The zero-order valence-electron chi connectivity index (χ0n) is 25.0. The number of benzene rings is 3. The molecule has 2 aliphatic heterocycles. The van der Waals surface area contributed by atoms with Gasteiger partial charge in [-0.2, -0.15) is 9.89 Å². The molecule has 4 aromatic rings. The van der Waals surface area contributed by atoms with Gasteiger partial charge in [-0.1, -0.05) is 19.1 Å². The Bertz CT molecular complexity index is 1770. The van der Waals surface area contributed by atoms with Crippen LogP contribution in [0.2, 0.25) is 0 Å². The van der Waals surface area contributed by atoms with Crippen molar-refractivity contribution < 1.29 is 26.7 Å². The number of carbonyl (C=O) groups is 1. The third-order valence-electron chi connectivity index (χ3n) is 8.16. The molecule has 0 bridgehead atoms. The van der Waals surface area contributed by atoms with Crippen LogP contribution in [0.4, 0.5) is 14.5 Å². The lowest BCUT2D eigenvalue weighted by atomic mass is 10.1. The smallest absolute Gasteiger partial charge is 0.255 e. The molecule has 1 amide bonds. The van der Waals surface area contributed by atoms with Gasteiger partial charge in [0.15, 0.2) is 0 Å². The minimum absolute atomic E-state index is 0.108. The molecule has 10 nitrogen and oxygen atoms in total. The van der Waals surface area contributed by atoms with E-state index in [2.05, 4.69) is 27.6 Å². The van der Waals surface area contributed by atoms with E-state index in [-0.39, 0.29) is 17.0 Å². The molecule has 0 radical (unpaired) electrons. The summed E-state index contributed by atoms with van der Waals surface area (Å²) in [6.45, 7) is 5.53. The van der Waals surface area contributed by atoms with Crippen LogP contribution in [0.15, 0.2) is 76.7 Å². The monoisotopic (exact) mass is 638 g/mol. The summed E-state index contributed by atoms with van der Waals surface area (Å²) in [5.74, 6) is -2.19. The summed E-state index contributed by atoms with van der Waals surface area (Å²) in [7, 11) is -4.19. The van der Waals surface area contributed by atoms with Crippen molar-refractivity contribution in [2.45, 2.75) is 54.8 Å². The maximum Gasteiger partial charge on any atom is 0.255 e. The van der Waals surface area contributed by atoms with Crippen LogP contribution in [0.3, 0.4) is 0 Å². The van der Waals surface area contributed by atoms with E-state index < -0.39 is 32.5 Å². The van der Waals surface area contributed by atoms with Gasteiger partial charge in [-0.3, -0.25) is 14.7 Å². The van der Waals surface area contributed by atoms with Gasteiger partial charge in [-0.25, -0.2) is 17.2 Å². The first-order valence-corrected chi connectivity index (χ1v) is 16.7. The molecule has 1 aromatic heterocycles. The van der Waals surface area contributed by atoms with Crippen molar-refractivity contribution in [2.24, 2.45) is 0 Å². The summed E-state index contributed by atoms with van der Waals surface area (Å²) >= 11 is 0. The number of carbonyl (C=O) groups excluding carboxylic acids is 1. The Kier molecular flexibility index (Phi) is 9.02. The number of aromatic nitrogens is 2. The Morgan fingerprint density at radius 2 is 1.82 bits per heavy atom. The molecule has 0 spiro atoms. The number of ether oxygens (including phenoxy) is 1. The summed E-state index contributed by atoms with van der Waals surface area (Å²) < 4.78 is 59.9. The van der Waals surface area contributed by atoms with E-state index in [0.29, 0.717) is 47.9 Å². The highest BCUT2D eigenvalue weighted by Gasteiger charge is 2.31. The Balaban J connectivity index is 1.27. The number of rotatable bonds is 9. The molecule has 2 fully saturated rings.